The van der Waals surface area contributed by atoms with Crippen LogP contribution in [0.25, 0.3) is 0 Å². The second kappa shape index (κ2) is 8.61. The van der Waals surface area contributed by atoms with E-state index in [1.807, 2.05) is 35.2 Å². The zero-order valence-corrected chi connectivity index (χ0v) is 15.8. The van der Waals surface area contributed by atoms with Gasteiger partial charge in [0, 0.05) is 31.6 Å². The second-order valence-corrected chi connectivity index (χ2v) is 7.65. The van der Waals surface area contributed by atoms with E-state index in [4.69, 9.17) is 4.42 Å². The Morgan fingerprint density at radius 2 is 1.85 bits per heavy atom. The van der Waals surface area contributed by atoms with Crippen molar-refractivity contribution in [1.82, 2.24) is 15.1 Å². The summed E-state index contributed by atoms with van der Waals surface area (Å²) in [6.45, 7) is 4.77. The standard InChI is InChI=1S/C22H29N3O2/c26-22(25-16-19(17-25)24-13-5-2-6-14-24)23-12-11-20(21-10-7-15-27-21)18-8-3-1-4-9-18/h1,3-4,7-10,15,19-20H,2,5-6,11-14,16-17H2,(H,23,26)/t20-/m0/s1. The van der Waals surface area contributed by atoms with Gasteiger partial charge < -0.3 is 14.6 Å². The van der Waals surface area contributed by atoms with Crippen LogP contribution in [0.5, 0.6) is 0 Å². The van der Waals surface area contributed by atoms with Crippen LogP contribution >= 0.6 is 0 Å². The molecule has 2 aliphatic rings. The number of amides is 2. The lowest BCUT2D eigenvalue weighted by Crippen LogP contribution is -2.63. The second-order valence-electron chi connectivity index (χ2n) is 7.65. The topological polar surface area (TPSA) is 48.7 Å². The zero-order chi connectivity index (χ0) is 18.5. The molecule has 1 aromatic heterocycles. The third-order valence-corrected chi connectivity index (χ3v) is 5.85. The lowest BCUT2D eigenvalue weighted by molar-refractivity contribution is 0.0451. The number of hydrogen-bond acceptors (Lipinski definition) is 3. The summed E-state index contributed by atoms with van der Waals surface area (Å²) in [5.74, 6) is 1.11. The van der Waals surface area contributed by atoms with E-state index in [0.717, 1.165) is 25.3 Å². The monoisotopic (exact) mass is 367 g/mol. The van der Waals surface area contributed by atoms with Gasteiger partial charge in [-0.15, -0.1) is 0 Å². The average molecular weight is 367 g/mol. The first-order valence-corrected chi connectivity index (χ1v) is 10.2. The first kappa shape index (κ1) is 18.1. The first-order valence-electron chi connectivity index (χ1n) is 10.2. The van der Waals surface area contributed by atoms with Crippen molar-refractivity contribution >= 4 is 6.03 Å². The number of piperidine rings is 1. The Kier molecular flexibility index (Phi) is 5.78. The van der Waals surface area contributed by atoms with Gasteiger partial charge in [0.25, 0.3) is 0 Å². The minimum atomic E-state index is 0.0644. The number of nitrogens with zero attached hydrogens (tertiary/aromatic N) is 2. The first-order chi connectivity index (χ1) is 13.3. The molecule has 1 aromatic carbocycles. The molecular formula is C22H29N3O2. The number of likely N-dealkylation sites (tertiary alicyclic amines) is 2. The Hall–Kier alpha value is -2.27. The largest absolute Gasteiger partial charge is 0.469 e. The van der Waals surface area contributed by atoms with E-state index in [9.17, 15) is 4.79 Å². The molecule has 5 heteroatoms. The van der Waals surface area contributed by atoms with Gasteiger partial charge in [-0.1, -0.05) is 36.8 Å². The summed E-state index contributed by atoms with van der Waals surface area (Å²) < 4.78 is 5.64. The van der Waals surface area contributed by atoms with Crippen molar-refractivity contribution in [3.63, 3.8) is 0 Å². The minimum Gasteiger partial charge on any atom is -0.469 e. The average Bonchev–Trinajstić information content (AvgIpc) is 3.20. The van der Waals surface area contributed by atoms with Crippen molar-refractivity contribution in [2.45, 2.75) is 37.6 Å². The van der Waals surface area contributed by atoms with Gasteiger partial charge in [-0.05, 0) is 50.0 Å². The lowest BCUT2D eigenvalue weighted by Gasteiger charge is -2.46. The summed E-state index contributed by atoms with van der Waals surface area (Å²) in [7, 11) is 0. The van der Waals surface area contributed by atoms with E-state index in [0.29, 0.717) is 12.6 Å². The molecule has 0 spiro atoms. The van der Waals surface area contributed by atoms with Crippen molar-refractivity contribution in [3.05, 3.63) is 60.1 Å². The number of rotatable bonds is 6. The van der Waals surface area contributed by atoms with Crippen LogP contribution in [0.3, 0.4) is 0 Å². The van der Waals surface area contributed by atoms with Crippen LogP contribution in [0.1, 0.15) is 42.9 Å². The van der Waals surface area contributed by atoms with E-state index in [1.54, 1.807) is 6.26 Å². The molecule has 0 saturated carbocycles. The van der Waals surface area contributed by atoms with Crippen molar-refractivity contribution in [2.75, 3.05) is 32.7 Å². The molecule has 0 bridgehead atoms. The third kappa shape index (κ3) is 4.35. The number of urea groups is 1. The van der Waals surface area contributed by atoms with Crippen LogP contribution in [0.4, 0.5) is 4.79 Å². The van der Waals surface area contributed by atoms with E-state index in [-0.39, 0.29) is 11.9 Å². The summed E-state index contributed by atoms with van der Waals surface area (Å²) in [4.78, 5) is 16.9. The molecule has 2 saturated heterocycles. The number of hydrogen-bond donors (Lipinski definition) is 1. The fraction of sp³-hybridized carbons (Fsp3) is 0.500. The van der Waals surface area contributed by atoms with E-state index in [1.165, 1.54) is 37.9 Å². The predicted molar refractivity (Wildman–Crippen MR) is 106 cm³/mol. The van der Waals surface area contributed by atoms with Gasteiger partial charge in [0.15, 0.2) is 0 Å². The number of carbonyl (C=O) groups is 1. The Labute approximate surface area is 161 Å². The van der Waals surface area contributed by atoms with Crippen LogP contribution in [0, 0.1) is 0 Å². The lowest BCUT2D eigenvalue weighted by atomic mass is 9.93. The van der Waals surface area contributed by atoms with Gasteiger partial charge in [-0.3, -0.25) is 4.90 Å². The number of carbonyl (C=O) groups excluding carboxylic acids is 1. The molecule has 0 radical (unpaired) electrons. The number of nitrogens with one attached hydrogen (secondary N) is 1. The molecule has 5 nitrogen and oxygen atoms in total. The molecule has 3 heterocycles. The Morgan fingerprint density at radius 1 is 1.07 bits per heavy atom. The molecule has 0 unspecified atom stereocenters. The van der Waals surface area contributed by atoms with Crippen molar-refractivity contribution in [1.29, 1.82) is 0 Å². The van der Waals surface area contributed by atoms with Gasteiger partial charge >= 0.3 is 6.03 Å². The quantitative estimate of drug-likeness (QED) is 0.847. The van der Waals surface area contributed by atoms with E-state index in [2.05, 4.69) is 22.3 Å². The van der Waals surface area contributed by atoms with Crippen LogP contribution in [-0.2, 0) is 0 Å². The Morgan fingerprint density at radius 3 is 2.56 bits per heavy atom. The molecular weight excluding hydrogens is 338 g/mol. The van der Waals surface area contributed by atoms with Gasteiger partial charge in [-0.2, -0.15) is 0 Å². The van der Waals surface area contributed by atoms with E-state index >= 15 is 0 Å². The molecule has 2 aliphatic heterocycles. The fourth-order valence-electron chi connectivity index (χ4n) is 4.22. The highest BCUT2D eigenvalue weighted by molar-refractivity contribution is 5.75. The molecule has 2 aromatic rings. The van der Waals surface area contributed by atoms with Gasteiger partial charge in [0.05, 0.1) is 6.26 Å². The smallest absolute Gasteiger partial charge is 0.317 e. The maximum Gasteiger partial charge on any atom is 0.317 e. The van der Waals surface area contributed by atoms with Gasteiger partial charge in [0.1, 0.15) is 5.76 Å². The highest BCUT2D eigenvalue weighted by Gasteiger charge is 2.35. The van der Waals surface area contributed by atoms with Crippen molar-refractivity contribution in [2.24, 2.45) is 0 Å². The Bertz CT molecular complexity index is 704. The summed E-state index contributed by atoms with van der Waals surface area (Å²) in [6.07, 6.45) is 6.50. The molecule has 0 aliphatic carbocycles. The summed E-state index contributed by atoms with van der Waals surface area (Å²) >= 11 is 0. The molecule has 2 fully saturated rings. The van der Waals surface area contributed by atoms with Gasteiger partial charge in [-0.25, -0.2) is 4.79 Å². The Balaban J connectivity index is 1.25. The summed E-state index contributed by atoms with van der Waals surface area (Å²) in [5.41, 5.74) is 1.22. The highest BCUT2D eigenvalue weighted by atomic mass is 16.3. The van der Waals surface area contributed by atoms with E-state index < -0.39 is 0 Å². The number of furan rings is 1. The fourth-order valence-corrected chi connectivity index (χ4v) is 4.22. The van der Waals surface area contributed by atoms with Crippen molar-refractivity contribution < 1.29 is 9.21 Å². The molecule has 2 amide bonds. The van der Waals surface area contributed by atoms with Gasteiger partial charge in [0.2, 0.25) is 0 Å². The predicted octanol–water partition coefficient (Wildman–Crippen LogP) is 3.68. The van der Waals surface area contributed by atoms with Crippen LogP contribution < -0.4 is 5.32 Å². The molecule has 144 valence electrons. The van der Waals surface area contributed by atoms with Crippen LogP contribution in [0.15, 0.2) is 53.1 Å². The van der Waals surface area contributed by atoms with Crippen LogP contribution in [-0.4, -0.2) is 54.6 Å². The maximum atomic E-state index is 12.4. The summed E-state index contributed by atoms with van der Waals surface area (Å²) in [6, 6.07) is 14.9. The minimum absolute atomic E-state index is 0.0644. The summed E-state index contributed by atoms with van der Waals surface area (Å²) in [5, 5.41) is 3.10. The third-order valence-electron chi connectivity index (χ3n) is 5.85. The molecule has 27 heavy (non-hydrogen) atoms. The molecule has 1 atom stereocenters. The zero-order valence-electron chi connectivity index (χ0n) is 15.8. The maximum absolute atomic E-state index is 12.4. The molecule has 1 N–H and O–H groups in total. The van der Waals surface area contributed by atoms with Crippen LogP contribution in [0.2, 0.25) is 0 Å². The number of benzene rings is 1. The normalized spacial score (nSPS) is 19.5. The highest BCUT2D eigenvalue weighted by Crippen LogP contribution is 2.28. The van der Waals surface area contributed by atoms with Crippen molar-refractivity contribution in [3.8, 4) is 0 Å². The SMILES string of the molecule is O=C(NCC[C@@H](c1ccccc1)c1ccco1)N1CC(N2CCCCC2)C1. The molecule has 4 rings (SSSR count).